The summed E-state index contributed by atoms with van der Waals surface area (Å²) < 4.78 is 13.0. The average Bonchev–Trinajstić information content (AvgIpc) is 2.40. The van der Waals surface area contributed by atoms with Crippen LogP contribution in [0.1, 0.15) is 45.7 Å². The molecule has 1 aromatic carbocycles. The van der Waals surface area contributed by atoms with Gasteiger partial charge in [-0.15, -0.1) is 0 Å². The van der Waals surface area contributed by atoms with E-state index >= 15 is 0 Å². The summed E-state index contributed by atoms with van der Waals surface area (Å²) >= 11 is 0. The van der Waals surface area contributed by atoms with Crippen LogP contribution in [0.2, 0.25) is 0 Å². The molecular formula is C16H27FN2. The first-order valence-electron chi connectivity index (χ1n) is 7.13. The van der Waals surface area contributed by atoms with Gasteiger partial charge in [0.25, 0.3) is 0 Å². The van der Waals surface area contributed by atoms with E-state index in [1.165, 1.54) is 5.56 Å². The second-order valence-corrected chi connectivity index (χ2v) is 5.91. The third-order valence-corrected chi connectivity index (χ3v) is 3.67. The highest BCUT2D eigenvalue weighted by Gasteiger charge is 2.24. The lowest BCUT2D eigenvalue weighted by Gasteiger charge is -2.36. The van der Waals surface area contributed by atoms with E-state index in [1.54, 1.807) is 12.1 Å². The molecule has 1 atom stereocenters. The minimum atomic E-state index is -0.177. The predicted octanol–water partition coefficient (Wildman–Crippen LogP) is 3.58. The zero-order valence-corrected chi connectivity index (χ0v) is 12.6. The predicted molar refractivity (Wildman–Crippen MR) is 79.5 cm³/mol. The minimum absolute atomic E-state index is 0.101. The number of nitrogens with zero attached hydrogens (tertiary/aromatic N) is 1. The number of hydrogen-bond acceptors (Lipinski definition) is 2. The number of nitrogens with two attached hydrogens (primary N) is 1. The molecule has 0 aliphatic heterocycles. The molecule has 0 saturated heterocycles. The van der Waals surface area contributed by atoms with E-state index in [1.807, 2.05) is 12.1 Å². The van der Waals surface area contributed by atoms with E-state index in [-0.39, 0.29) is 11.2 Å². The average molecular weight is 266 g/mol. The highest BCUT2D eigenvalue weighted by Crippen LogP contribution is 2.27. The molecule has 1 aromatic rings. The van der Waals surface area contributed by atoms with Crippen molar-refractivity contribution in [3.63, 3.8) is 0 Å². The molecule has 0 aliphatic carbocycles. The van der Waals surface area contributed by atoms with Crippen molar-refractivity contribution in [1.82, 2.24) is 4.90 Å². The Morgan fingerprint density at radius 3 is 2.21 bits per heavy atom. The van der Waals surface area contributed by atoms with E-state index in [9.17, 15) is 4.39 Å². The summed E-state index contributed by atoms with van der Waals surface area (Å²) in [5.41, 5.74) is 7.11. The fourth-order valence-electron chi connectivity index (χ4n) is 2.45. The van der Waals surface area contributed by atoms with Gasteiger partial charge < -0.3 is 5.73 Å². The van der Waals surface area contributed by atoms with Crippen molar-refractivity contribution in [3.05, 3.63) is 35.6 Å². The SMILES string of the molecule is CCC(c1ccc(F)cc1)N(CC)CC(C)(C)CN. The standard InChI is InChI=1S/C16H27FN2/c1-5-15(13-7-9-14(17)10-8-13)19(6-2)12-16(3,4)11-18/h7-10,15H,5-6,11-12,18H2,1-4H3. The van der Waals surface area contributed by atoms with Crippen LogP contribution in [-0.2, 0) is 0 Å². The molecule has 2 nitrogen and oxygen atoms in total. The van der Waals surface area contributed by atoms with Gasteiger partial charge in [0.2, 0.25) is 0 Å². The Bertz CT molecular complexity index is 373. The van der Waals surface area contributed by atoms with Crippen LogP contribution in [0.5, 0.6) is 0 Å². The first-order chi connectivity index (χ1) is 8.93. The third-order valence-electron chi connectivity index (χ3n) is 3.67. The van der Waals surface area contributed by atoms with Gasteiger partial charge in [-0.2, -0.15) is 0 Å². The monoisotopic (exact) mass is 266 g/mol. The topological polar surface area (TPSA) is 29.3 Å². The lowest BCUT2D eigenvalue weighted by atomic mass is 9.91. The second kappa shape index (κ2) is 7.01. The molecule has 0 spiro atoms. The molecule has 0 saturated carbocycles. The second-order valence-electron chi connectivity index (χ2n) is 5.91. The van der Waals surface area contributed by atoms with E-state index in [0.717, 1.165) is 19.5 Å². The molecule has 0 aliphatic rings. The lowest BCUT2D eigenvalue weighted by molar-refractivity contribution is 0.135. The highest BCUT2D eigenvalue weighted by atomic mass is 19.1. The summed E-state index contributed by atoms with van der Waals surface area (Å²) in [6.45, 7) is 11.3. The fourth-order valence-corrected chi connectivity index (χ4v) is 2.45. The molecular weight excluding hydrogens is 239 g/mol. The van der Waals surface area contributed by atoms with Gasteiger partial charge >= 0.3 is 0 Å². The van der Waals surface area contributed by atoms with Gasteiger partial charge in [0.1, 0.15) is 5.82 Å². The molecule has 0 fully saturated rings. The van der Waals surface area contributed by atoms with Gasteiger partial charge in [0, 0.05) is 12.6 Å². The first kappa shape index (κ1) is 16.1. The summed E-state index contributed by atoms with van der Waals surface area (Å²) in [5.74, 6) is -0.177. The van der Waals surface area contributed by atoms with Crippen LogP contribution < -0.4 is 5.73 Å². The van der Waals surface area contributed by atoms with E-state index < -0.39 is 0 Å². The van der Waals surface area contributed by atoms with Crippen LogP contribution in [0, 0.1) is 11.2 Å². The van der Waals surface area contributed by atoms with Crippen LogP contribution in [0.15, 0.2) is 24.3 Å². The largest absolute Gasteiger partial charge is 0.330 e. The summed E-state index contributed by atoms with van der Waals surface area (Å²) in [6, 6.07) is 7.19. The quantitative estimate of drug-likeness (QED) is 0.817. The molecule has 0 heterocycles. The number of benzene rings is 1. The van der Waals surface area contributed by atoms with Crippen molar-refractivity contribution >= 4 is 0 Å². The summed E-state index contributed by atoms with van der Waals surface area (Å²) in [6.07, 6.45) is 1.01. The van der Waals surface area contributed by atoms with Gasteiger partial charge in [-0.25, -0.2) is 4.39 Å². The molecule has 1 rings (SSSR count). The van der Waals surface area contributed by atoms with Gasteiger partial charge in [0.15, 0.2) is 0 Å². The Labute approximate surface area is 116 Å². The first-order valence-corrected chi connectivity index (χ1v) is 7.13. The Balaban J connectivity index is 2.89. The number of hydrogen-bond donors (Lipinski definition) is 1. The zero-order valence-electron chi connectivity index (χ0n) is 12.6. The maximum Gasteiger partial charge on any atom is 0.123 e. The maximum atomic E-state index is 13.0. The molecule has 0 aromatic heterocycles. The van der Waals surface area contributed by atoms with Gasteiger partial charge in [-0.05, 0) is 42.6 Å². The van der Waals surface area contributed by atoms with Crippen molar-refractivity contribution in [3.8, 4) is 0 Å². The molecule has 0 bridgehead atoms. The van der Waals surface area contributed by atoms with Crippen molar-refractivity contribution in [2.45, 2.75) is 40.2 Å². The molecule has 3 heteroatoms. The molecule has 0 radical (unpaired) electrons. The highest BCUT2D eigenvalue weighted by molar-refractivity contribution is 5.20. The van der Waals surface area contributed by atoms with Crippen LogP contribution in [0.25, 0.3) is 0 Å². The molecule has 0 amide bonds. The fraction of sp³-hybridized carbons (Fsp3) is 0.625. The van der Waals surface area contributed by atoms with E-state index in [0.29, 0.717) is 12.6 Å². The van der Waals surface area contributed by atoms with Gasteiger partial charge in [-0.3, -0.25) is 4.90 Å². The summed E-state index contributed by atoms with van der Waals surface area (Å²) in [4.78, 5) is 2.43. The zero-order chi connectivity index (χ0) is 14.5. The maximum absolute atomic E-state index is 13.0. The molecule has 1 unspecified atom stereocenters. The minimum Gasteiger partial charge on any atom is -0.330 e. The Morgan fingerprint density at radius 2 is 1.79 bits per heavy atom. The van der Waals surface area contributed by atoms with Crippen molar-refractivity contribution in [1.29, 1.82) is 0 Å². The van der Waals surface area contributed by atoms with Gasteiger partial charge in [0.05, 0.1) is 0 Å². The van der Waals surface area contributed by atoms with Crippen LogP contribution >= 0.6 is 0 Å². The van der Waals surface area contributed by atoms with Gasteiger partial charge in [-0.1, -0.05) is 39.8 Å². The number of halogens is 1. The molecule has 19 heavy (non-hydrogen) atoms. The van der Waals surface area contributed by atoms with Crippen LogP contribution in [0.3, 0.4) is 0 Å². The smallest absolute Gasteiger partial charge is 0.123 e. The Morgan fingerprint density at radius 1 is 1.21 bits per heavy atom. The Hall–Kier alpha value is -0.930. The van der Waals surface area contributed by atoms with Crippen molar-refractivity contribution < 1.29 is 4.39 Å². The third kappa shape index (κ3) is 4.59. The van der Waals surface area contributed by atoms with Crippen LogP contribution in [0.4, 0.5) is 4.39 Å². The van der Waals surface area contributed by atoms with E-state index in [2.05, 4.69) is 32.6 Å². The van der Waals surface area contributed by atoms with Crippen molar-refractivity contribution in [2.24, 2.45) is 11.1 Å². The molecule has 2 N–H and O–H groups in total. The van der Waals surface area contributed by atoms with Crippen LogP contribution in [-0.4, -0.2) is 24.5 Å². The van der Waals surface area contributed by atoms with E-state index in [4.69, 9.17) is 5.73 Å². The summed E-state index contributed by atoms with van der Waals surface area (Å²) in [7, 11) is 0. The van der Waals surface area contributed by atoms with Crippen molar-refractivity contribution in [2.75, 3.05) is 19.6 Å². The normalized spacial score (nSPS) is 13.8. The summed E-state index contributed by atoms with van der Waals surface area (Å²) in [5, 5.41) is 0. The number of rotatable bonds is 7. The Kier molecular flexibility index (Phi) is 5.95. The lowest BCUT2D eigenvalue weighted by Crippen LogP contribution is -2.40. The molecule has 108 valence electrons.